The molecule has 1 saturated heterocycles. The Morgan fingerprint density at radius 3 is 2.65 bits per heavy atom. The Hall–Kier alpha value is -1.88. The number of carbonyl (C=O) groups excluding carboxylic acids is 2. The van der Waals surface area contributed by atoms with Gasteiger partial charge < -0.3 is 15.3 Å². The van der Waals surface area contributed by atoms with Crippen LogP contribution in [0.3, 0.4) is 0 Å². The Kier molecular flexibility index (Phi) is 4.09. The zero-order valence-corrected chi connectivity index (χ0v) is 11.8. The molecule has 0 radical (unpaired) electrons. The molecule has 1 aromatic rings. The SMILES string of the molecule is CN1CC(C(=O)NCC(C)(O)c2ccccc2)CC1=O. The van der Waals surface area contributed by atoms with Crippen LogP contribution in [0.1, 0.15) is 18.9 Å². The third-order valence-corrected chi connectivity index (χ3v) is 3.71. The molecule has 0 aliphatic carbocycles. The van der Waals surface area contributed by atoms with Gasteiger partial charge in [0.1, 0.15) is 5.60 Å². The molecule has 108 valence electrons. The van der Waals surface area contributed by atoms with Crippen LogP contribution in [0.15, 0.2) is 30.3 Å². The van der Waals surface area contributed by atoms with Crippen molar-refractivity contribution in [3.63, 3.8) is 0 Å². The molecule has 1 aliphatic rings. The highest BCUT2D eigenvalue weighted by atomic mass is 16.3. The summed E-state index contributed by atoms with van der Waals surface area (Å²) in [6.45, 7) is 2.23. The minimum absolute atomic E-state index is 0.0139. The van der Waals surface area contributed by atoms with Crippen LogP contribution in [-0.2, 0) is 15.2 Å². The van der Waals surface area contributed by atoms with Gasteiger partial charge in [-0.25, -0.2) is 0 Å². The molecule has 0 saturated carbocycles. The van der Waals surface area contributed by atoms with Gasteiger partial charge >= 0.3 is 0 Å². The van der Waals surface area contributed by atoms with Crippen molar-refractivity contribution < 1.29 is 14.7 Å². The highest BCUT2D eigenvalue weighted by Gasteiger charge is 2.33. The molecule has 0 bridgehead atoms. The lowest BCUT2D eigenvalue weighted by atomic mass is 9.96. The average Bonchev–Trinajstić information content (AvgIpc) is 2.77. The Bertz CT molecular complexity index is 499. The van der Waals surface area contributed by atoms with E-state index in [1.165, 1.54) is 0 Å². The molecule has 0 spiro atoms. The van der Waals surface area contributed by atoms with Crippen molar-refractivity contribution in [2.75, 3.05) is 20.1 Å². The highest BCUT2D eigenvalue weighted by molar-refractivity contribution is 5.89. The largest absolute Gasteiger partial charge is 0.384 e. The highest BCUT2D eigenvalue weighted by Crippen LogP contribution is 2.20. The number of rotatable bonds is 4. The molecule has 2 rings (SSSR count). The summed E-state index contributed by atoms with van der Waals surface area (Å²) in [5.74, 6) is -0.516. The number of amides is 2. The Balaban J connectivity index is 1.92. The van der Waals surface area contributed by atoms with Crippen molar-refractivity contribution in [1.82, 2.24) is 10.2 Å². The van der Waals surface area contributed by atoms with Gasteiger partial charge in [0.15, 0.2) is 0 Å². The van der Waals surface area contributed by atoms with E-state index in [-0.39, 0.29) is 30.7 Å². The second-order valence-corrected chi connectivity index (χ2v) is 5.53. The molecule has 2 atom stereocenters. The lowest BCUT2D eigenvalue weighted by Gasteiger charge is -2.25. The molecule has 5 nitrogen and oxygen atoms in total. The minimum atomic E-state index is -1.12. The third kappa shape index (κ3) is 3.17. The third-order valence-electron chi connectivity index (χ3n) is 3.71. The van der Waals surface area contributed by atoms with Gasteiger partial charge in [-0.2, -0.15) is 0 Å². The first-order chi connectivity index (χ1) is 9.40. The maximum atomic E-state index is 12.0. The van der Waals surface area contributed by atoms with E-state index in [0.29, 0.717) is 6.54 Å². The number of nitrogens with zero attached hydrogens (tertiary/aromatic N) is 1. The number of hydrogen-bond acceptors (Lipinski definition) is 3. The molecule has 5 heteroatoms. The summed E-state index contributed by atoms with van der Waals surface area (Å²) in [6.07, 6.45) is 0.246. The maximum absolute atomic E-state index is 12.0. The smallest absolute Gasteiger partial charge is 0.225 e. The predicted octanol–water partition coefficient (Wildman–Crippen LogP) is 0.489. The summed E-state index contributed by atoms with van der Waals surface area (Å²) in [7, 11) is 1.69. The first kappa shape index (κ1) is 14.5. The molecule has 2 amide bonds. The molecule has 1 aliphatic heterocycles. The summed E-state index contributed by atoms with van der Waals surface area (Å²) >= 11 is 0. The molecule has 2 unspecified atom stereocenters. The second kappa shape index (κ2) is 5.63. The van der Waals surface area contributed by atoms with E-state index in [1.54, 1.807) is 18.9 Å². The first-order valence-electron chi connectivity index (χ1n) is 6.70. The predicted molar refractivity (Wildman–Crippen MR) is 74.8 cm³/mol. The molecular formula is C15H20N2O3. The quantitative estimate of drug-likeness (QED) is 0.841. The van der Waals surface area contributed by atoms with Crippen LogP contribution in [-0.4, -0.2) is 42.0 Å². The summed E-state index contributed by atoms with van der Waals surface area (Å²) in [5, 5.41) is 13.1. The molecular weight excluding hydrogens is 256 g/mol. The minimum Gasteiger partial charge on any atom is -0.384 e. The fourth-order valence-corrected chi connectivity index (χ4v) is 2.34. The van der Waals surface area contributed by atoms with Crippen molar-refractivity contribution in [3.8, 4) is 0 Å². The summed E-state index contributed by atoms with van der Waals surface area (Å²) in [4.78, 5) is 25.0. The maximum Gasteiger partial charge on any atom is 0.225 e. The summed E-state index contributed by atoms with van der Waals surface area (Å²) in [5.41, 5.74) is -0.370. The molecule has 20 heavy (non-hydrogen) atoms. The van der Waals surface area contributed by atoms with Crippen LogP contribution in [0.2, 0.25) is 0 Å². The van der Waals surface area contributed by atoms with Gasteiger partial charge in [-0.1, -0.05) is 30.3 Å². The van der Waals surface area contributed by atoms with Gasteiger partial charge in [0.25, 0.3) is 0 Å². The zero-order valence-electron chi connectivity index (χ0n) is 11.8. The van der Waals surface area contributed by atoms with Crippen molar-refractivity contribution in [3.05, 3.63) is 35.9 Å². The molecule has 1 heterocycles. The van der Waals surface area contributed by atoms with Crippen molar-refractivity contribution in [2.45, 2.75) is 18.9 Å². The standard InChI is InChI=1S/C15H20N2O3/c1-15(20,12-6-4-3-5-7-12)10-16-14(19)11-8-13(18)17(2)9-11/h3-7,11,20H,8-10H2,1-2H3,(H,16,19). The van der Waals surface area contributed by atoms with E-state index in [2.05, 4.69) is 5.32 Å². The van der Waals surface area contributed by atoms with Crippen LogP contribution in [0.25, 0.3) is 0 Å². The first-order valence-corrected chi connectivity index (χ1v) is 6.70. The fraction of sp³-hybridized carbons (Fsp3) is 0.467. The van der Waals surface area contributed by atoms with Gasteiger partial charge in [0, 0.05) is 20.0 Å². The van der Waals surface area contributed by atoms with E-state index >= 15 is 0 Å². The van der Waals surface area contributed by atoms with Crippen molar-refractivity contribution in [1.29, 1.82) is 0 Å². The number of carbonyl (C=O) groups is 2. The summed E-state index contributed by atoms with van der Waals surface area (Å²) < 4.78 is 0. The molecule has 2 N–H and O–H groups in total. The molecule has 0 aromatic heterocycles. The number of hydrogen-bond donors (Lipinski definition) is 2. The van der Waals surface area contributed by atoms with Crippen LogP contribution < -0.4 is 5.32 Å². The number of nitrogens with one attached hydrogen (secondary N) is 1. The average molecular weight is 276 g/mol. The number of aliphatic hydroxyl groups is 1. The van der Waals surface area contributed by atoms with E-state index in [0.717, 1.165) is 5.56 Å². The van der Waals surface area contributed by atoms with Crippen LogP contribution in [0.4, 0.5) is 0 Å². The van der Waals surface area contributed by atoms with Gasteiger partial charge in [0.05, 0.1) is 12.5 Å². The Morgan fingerprint density at radius 1 is 1.45 bits per heavy atom. The fourth-order valence-electron chi connectivity index (χ4n) is 2.34. The van der Waals surface area contributed by atoms with E-state index < -0.39 is 5.60 Å². The van der Waals surface area contributed by atoms with Crippen molar-refractivity contribution >= 4 is 11.8 Å². The van der Waals surface area contributed by atoms with Crippen LogP contribution in [0.5, 0.6) is 0 Å². The van der Waals surface area contributed by atoms with E-state index in [1.807, 2.05) is 30.3 Å². The van der Waals surface area contributed by atoms with Gasteiger partial charge in [-0.15, -0.1) is 0 Å². The number of benzene rings is 1. The molecule has 1 aromatic carbocycles. The van der Waals surface area contributed by atoms with Crippen molar-refractivity contribution in [2.24, 2.45) is 5.92 Å². The lowest BCUT2D eigenvalue weighted by Crippen LogP contribution is -2.41. The Morgan fingerprint density at radius 2 is 2.10 bits per heavy atom. The van der Waals surface area contributed by atoms with Crippen LogP contribution in [0, 0.1) is 5.92 Å². The van der Waals surface area contributed by atoms with E-state index in [9.17, 15) is 14.7 Å². The second-order valence-electron chi connectivity index (χ2n) is 5.53. The van der Waals surface area contributed by atoms with Gasteiger partial charge in [0.2, 0.25) is 11.8 Å². The topological polar surface area (TPSA) is 69.6 Å². The monoisotopic (exact) mass is 276 g/mol. The number of likely N-dealkylation sites (tertiary alicyclic amines) is 1. The normalized spacial score (nSPS) is 21.6. The Labute approximate surface area is 118 Å². The lowest BCUT2D eigenvalue weighted by molar-refractivity contribution is -0.128. The van der Waals surface area contributed by atoms with Gasteiger partial charge in [-0.05, 0) is 12.5 Å². The summed E-state index contributed by atoms with van der Waals surface area (Å²) in [6, 6.07) is 9.20. The van der Waals surface area contributed by atoms with Gasteiger partial charge in [-0.3, -0.25) is 9.59 Å². The molecule has 1 fully saturated rings. The van der Waals surface area contributed by atoms with Crippen LogP contribution >= 0.6 is 0 Å². The van der Waals surface area contributed by atoms with E-state index in [4.69, 9.17) is 0 Å². The zero-order chi connectivity index (χ0) is 14.8.